The average molecular weight is 247 g/mol. The standard InChI is InChI=1S/C14H17NO3/c1-2-18-14(16)13-7-12(8-13)11-5-3-10(4-6-11)9-15-17/h3-6,9,12-13,17H,2,7-8H2,1H3/b15-9+. The van der Waals surface area contributed by atoms with Gasteiger partial charge in [-0.1, -0.05) is 29.4 Å². The normalized spacial score (nSPS) is 22.7. The zero-order valence-corrected chi connectivity index (χ0v) is 10.4. The molecule has 1 aliphatic rings. The third-order valence-electron chi connectivity index (χ3n) is 3.37. The van der Waals surface area contributed by atoms with Crippen molar-refractivity contribution in [1.29, 1.82) is 0 Å². The Balaban J connectivity index is 1.90. The highest BCUT2D eigenvalue weighted by Crippen LogP contribution is 2.42. The minimum Gasteiger partial charge on any atom is -0.466 e. The molecule has 0 aliphatic heterocycles. The van der Waals surface area contributed by atoms with Gasteiger partial charge in [0.15, 0.2) is 0 Å². The summed E-state index contributed by atoms with van der Waals surface area (Å²) in [5.41, 5.74) is 2.09. The van der Waals surface area contributed by atoms with Gasteiger partial charge in [-0.2, -0.15) is 0 Å². The van der Waals surface area contributed by atoms with E-state index < -0.39 is 0 Å². The molecule has 96 valence electrons. The Bertz CT molecular complexity index is 433. The van der Waals surface area contributed by atoms with Crippen LogP contribution in [0.1, 0.15) is 36.8 Å². The number of ether oxygens (including phenoxy) is 1. The Morgan fingerprint density at radius 2 is 2.11 bits per heavy atom. The fourth-order valence-corrected chi connectivity index (χ4v) is 2.26. The minimum absolute atomic E-state index is 0.0635. The molecule has 0 radical (unpaired) electrons. The van der Waals surface area contributed by atoms with Gasteiger partial charge in [-0.05, 0) is 36.8 Å². The second-order valence-corrected chi connectivity index (χ2v) is 4.53. The number of rotatable bonds is 4. The molecule has 0 amide bonds. The molecule has 1 fully saturated rings. The number of carbonyl (C=O) groups excluding carboxylic acids is 1. The van der Waals surface area contributed by atoms with Crippen LogP contribution < -0.4 is 0 Å². The van der Waals surface area contributed by atoms with Gasteiger partial charge >= 0.3 is 5.97 Å². The van der Waals surface area contributed by atoms with Crippen LogP contribution in [-0.4, -0.2) is 24.0 Å². The summed E-state index contributed by atoms with van der Waals surface area (Å²) in [6.45, 7) is 2.28. The molecule has 1 aromatic rings. The molecule has 4 heteroatoms. The second kappa shape index (κ2) is 5.67. The van der Waals surface area contributed by atoms with Crippen molar-refractivity contribution >= 4 is 12.2 Å². The molecule has 4 nitrogen and oxygen atoms in total. The number of benzene rings is 1. The summed E-state index contributed by atoms with van der Waals surface area (Å²) in [5, 5.41) is 11.4. The van der Waals surface area contributed by atoms with Gasteiger partial charge in [0, 0.05) is 0 Å². The lowest BCUT2D eigenvalue weighted by atomic mass is 9.71. The average Bonchev–Trinajstić information content (AvgIpc) is 2.30. The summed E-state index contributed by atoms with van der Waals surface area (Å²) in [4.78, 5) is 11.5. The van der Waals surface area contributed by atoms with Crippen molar-refractivity contribution < 1.29 is 14.7 Å². The van der Waals surface area contributed by atoms with Gasteiger partial charge in [0.25, 0.3) is 0 Å². The fraction of sp³-hybridized carbons (Fsp3) is 0.429. The molecule has 0 heterocycles. The molecule has 1 aliphatic carbocycles. The summed E-state index contributed by atoms with van der Waals surface area (Å²) >= 11 is 0. The summed E-state index contributed by atoms with van der Waals surface area (Å²) in [7, 11) is 0. The van der Waals surface area contributed by atoms with Crippen LogP contribution in [0.15, 0.2) is 29.4 Å². The lowest BCUT2D eigenvalue weighted by Gasteiger charge is -2.33. The van der Waals surface area contributed by atoms with Crippen LogP contribution in [0, 0.1) is 5.92 Å². The van der Waals surface area contributed by atoms with E-state index in [0.29, 0.717) is 12.5 Å². The summed E-state index contributed by atoms with van der Waals surface area (Å²) in [6.07, 6.45) is 3.13. The van der Waals surface area contributed by atoms with E-state index in [1.807, 2.05) is 31.2 Å². The van der Waals surface area contributed by atoms with Crippen LogP contribution in [0.25, 0.3) is 0 Å². The molecule has 0 spiro atoms. The number of esters is 1. The third kappa shape index (κ3) is 2.70. The van der Waals surface area contributed by atoms with Gasteiger partial charge in [0.05, 0.1) is 18.7 Å². The fourth-order valence-electron chi connectivity index (χ4n) is 2.26. The SMILES string of the molecule is CCOC(=O)C1CC(c2ccc(/C=N/O)cc2)C1. The van der Waals surface area contributed by atoms with Crippen LogP contribution in [0.2, 0.25) is 0 Å². The van der Waals surface area contributed by atoms with Crippen molar-refractivity contribution in [1.82, 2.24) is 0 Å². The highest BCUT2D eigenvalue weighted by molar-refractivity contribution is 5.79. The molecule has 1 N–H and O–H groups in total. The van der Waals surface area contributed by atoms with E-state index in [9.17, 15) is 4.79 Å². The van der Waals surface area contributed by atoms with Crippen LogP contribution in [0.5, 0.6) is 0 Å². The van der Waals surface area contributed by atoms with Crippen molar-refractivity contribution in [2.45, 2.75) is 25.7 Å². The Morgan fingerprint density at radius 1 is 1.44 bits per heavy atom. The van der Waals surface area contributed by atoms with E-state index in [1.165, 1.54) is 11.8 Å². The van der Waals surface area contributed by atoms with E-state index in [1.54, 1.807) is 0 Å². The van der Waals surface area contributed by atoms with Crippen molar-refractivity contribution in [2.75, 3.05) is 6.61 Å². The van der Waals surface area contributed by atoms with E-state index in [4.69, 9.17) is 9.94 Å². The smallest absolute Gasteiger partial charge is 0.308 e. The van der Waals surface area contributed by atoms with Gasteiger partial charge in [-0.3, -0.25) is 4.79 Å². The van der Waals surface area contributed by atoms with E-state index in [-0.39, 0.29) is 11.9 Å². The van der Waals surface area contributed by atoms with Gasteiger partial charge < -0.3 is 9.94 Å². The summed E-state index contributed by atoms with van der Waals surface area (Å²) in [6, 6.07) is 7.85. The maximum atomic E-state index is 11.5. The zero-order valence-electron chi connectivity index (χ0n) is 10.4. The van der Waals surface area contributed by atoms with Crippen molar-refractivity contribution in [3.63, 3.8) is 0 Å². The highest BCUT2D eigenvalue weighted by Gasteiger charge is 2.36. The van der Waals surface area contributed by atoms with E-state index in [2.05, 4.69) is 5.16 Å². The van der Waals surface area contributed by atoms with Gasteiger partial charge in [-0.25, -0.2) is 0 Å². The molecule has 18 heavy (non-hydrogen) atoms. The first-order chi connectivity index (χ1) is 8.74. The lowest BCUT2D eigenvalue weighted by Crippen LogP contribution is -2.30. The number of hydrogen-bond donors (Lipinski definition) is 1. The number of carbonyl (C=O) groups is 1. The lowest BCUT2D eigenvalue weighted by molar-refractivity contribution is -0.151. The first-order valence-corrected chi connectivity index (χ1v) is 6.18. The van der Waals surface area contributed by atoms with Crippen molar-refractivity contribution in [3.8, 4) is 0 Å². The Morgan fingerprint density at radius 3 is 2.67 bits per heavy atom. The first kappa shape index (κ1) is 12.6. The largest absolute Gasteiger partial charge is 0.466 e. The van der Waals surface area contributed by atoms with Crippen LogP contribution in [-0.2, 0) is 9.53 Å². The molecular formula is C14H17NO3. The monoisotopic (exact) mass is 247 g/mol. The van der Waals surface area contributed by atoms with Crippen molar-refractivity contribution in [2.24, 2.45) is 11.1 Å². The van der Waals surface area contributed by atoms with E-state index >= 15 is 0 Å². The van der Waals surface area contributed by atoms with Gasteiger partial charge in [0.2, 0.25) is 0 Å². The summed E-state index contributed by atoms with van der Waals surface area (Å²) in [5.74, 6) is 0.436. The van der Waals surface area contributed by atoms with Crippen molar-refractivity contribution in [3.05, 3.63) is 35.4 Å². The highest BCUT2D eigenvalue weighted by atomic mass is 16.5. The molecular weight excluding hydrogens is 230 g/mol. The molecule has 0 aromatic heterocycles. The summed E-state index contributed by atoms with van der Waals surface area (Å²) < 4.78 is 5.00. The number of hydrogen-bond acceptors (Lipinski definition) is 4. The Hall–Kier alpha value is -1.84. The first-order valence-electron chi connectivity index (χ1n) is 6.18. The van der Waals surface area contributed by atoms with Crippen LogP contribution in [0.4, 0.5) is 0 Å². The Labute approximate surface area is 106 Å². The molecule has 1 saturated carbocycles. The molecule has 0 saturated heterocycles. The molecule has 1 aromatic carbocycles. The third-order valence-corrected chi connectivity index (χ3v) is 3.37. The Kier molecular flexibility index (Phi) is 3.97. The van der Waals surface area contributed by atoms with Crippen LogP contribution in [0.3, 0.4) is 0 Å². The number of nitrogens with zero attached hydrogens (tertiary/aromatic N) is 1. The molecule has 0 atom stereocenters. The predicted octanol–water partition coefficient (Wildman–Crippen LogP) is 2.55. The minimum atomic E-state index is -0.0715. The maximum absolute atomic E-state index is 11.5. The zero-order chi connectivity index (χ0) is 13.0. The number of oxime groups is 1. The second-order valence-electron chi connectivity index (χ2n) is 4.53. The van der Waals surface area contributed by atoms with Gasteiger partial charge in [0.1, 0.15) is 0 Å². The van der Waals surface area contributed by atoms with Gasteiger partial charge in [-0.15, -0.1) is 0 Å². The maximum Gasteiger partial charge on any atom is 0.308 e. The van der Waals surface area contributed by atoms with Crippen LogP contribution >= 0.6 is 0 Å². The molecule has 0 bridgehead atoms. The molecule has 2 rings (SSSR count). The quantitative estimate of drug-likeness (QED) is 0.385. The predicted molar refractivity (Wildman–Crippen MR) is 67.9 cm³/mol. The van der Waals surface area contributed by atoms with E-state index in [0.717, 1.165) is 18.4 Å². The molecule has 0 unspecified atom stereocenters. The topological polar surface area (TPSA) is 58.9 Å².